The Bertz CT molecular complexity index is 782. The van der Waals surface area contributed by atoms with E-state index in [0.29, 0.717) is 12.0 Å². The molecule has 0 radical (unpaired) electrons. The van der Waals surface area contributed by atoms with Crippen LogP contribution in [0.2, 0.25) is 0 Å². The Balaban J connectivity index is 1.19. The van der Waals surface area contributed by atoms with Crippen molar-refractivity contribution in [2.75, 3.05) is 6.54 Å². The number of fused-ring (bicyclic) bond motifs is 1. The maximum Gasteiger partial charge on any atom is 0.223 e. The number of hydrogen-bond acceptors (Lipinski definition) is 2. The third-order valence-corrected chi connectivity index (χ3v) is 5.91. The van der Waals surface area contributed by atoms with E-state index in [1.807, 2.05) is 0 Å². The smallest absolute Gasteiger partial charge is 0.223 e. The van der Waals surface area contributed by atoms with Gasteiger partial charge in [-0.1, -0.05) is 42.5 Å². The monoisotopic (exact) mass is 377 g/mol. The number of aryl methyl sites for hydroxylation is 2. The fourth-order valence-electron chi connectivity index (χ4n) is 4.12. The fourth-order valence-corrected chi connectivity index (χ4v) is 4.12. The average Bonchev–Trinajstić information content (AvgIpc) is 3.49. The molecule has 2 aromatic carbocycles. The second-order valence-corrected chi connectivity index (χ2v) is 8.24. The Morgan fingerprint density at radius 1 is 0.964 bits per heavy atom. The minimum Gasteiger partial charge on any atom is -0.490 e. The molecule has 0 spiro atoms. The minimum atomic E-state index is 0.247. The number of benzene rings is 2. The van der Waals surface area contributed by atoms with E-state index >= 15 is 0 Å². The molecule has 28 heavy (non-hydrogen) atoms. The number of unbranched alkanes of at least 4 members (excludes halogenated alkanes) is 1. The van der Waals surface area contributed by atoms with Crippen LogP contribution in [0.5, 0.6) is 5.75 Å². The zero-order valence-electron chi connectivity index (χ0n) is 16.7. The largest absolute Gasteiger partial charge is 0.490 e. The van der Waals surface area contributed by atoms with Crippen LogP contribution < -0.4 is 10.1 Å². The summed E-state index contributed by atoms with van der Waals surface area (Å²) >= 11 is 0. The summed E-state index contributed by atoms with van der Waals surface area (Å²) in [5, 5.41) is 3.07. The lowest BCUT2D eigenvalue weighted by Gasteiger charge is -2.10. The molecule has 1 heterocycles. The van der Waals surface area contributed by atoms with Gasteiger partial charge in [-0.2, -0.15) is 0 Å². The van der Waals surface area contributed by atoms with E-state index in [-0.39, 0.29) is 5.91 Å². The van der Waals surface area contributed by atoms with Crippen LogP contribution in [0.3, 0.4) is 0 Å². The first-order valence-electron chi connectivity index (χ1n) is 10.9. The highest BCUT2D eigenvalue weighted by Gasteiger charge is 2.29. The van der Waals surface area contributed by atoms with Crippen LogP contribution in [-0.4, -0.2) is 18.6 Å². The van der Waals surface area contributed by atoms with Gasteiger partial charge in [0.1, 0.15) is 11.9 Å². The molecule has 148 valence electrons. The van der Waals surface area contributed by atoms with Gasteiger partial charge in [0.2, 0.25) is 5.91 Å². The van der Waals surface area contributed by atoms with E-state index in [1.54, 1.807) is 0 Å². The van der Waals surface area contributed by atoms with Crippen LogP contribution in [0.4, 0.5) is 0 Å². The molecule has 0 saturated heterocycles. The van der Waals surface area contributed by atoms with Crippen LogP contribution in [0, 0.1) is 5.92 Å². The predicted molar refractivity (Wildman–Crippen MR) is 113 cm³/mol. The Hall–Kier alpha value is -2.29. The van der Waals surface area contributed by atoms with Crippen molar-refractivity contribution < 1.29 is 9.53 Å². The lowest BCUT2D eigenvalue weighted by atomic mass is 9.97. The van der Waals surface area contributed by atoms with Gasteiger partial charge in [0.05, 0.1) is 0 Å². The first-order chi connectivity index (χ1) is 13.8. The van der Waals surface area contributed by atoms with E-state index in [4.69, 9.17) is 4.74 Å². The van der Waals surface area contributed by atoms with Crippen molar-refractivity contribution in [1.82, 2.24) is 5.32 Å². The molecule has 2 aromatic rings. The number of amides is 1. The van der Waals surface area contributed by atoms with E-state index in [2.05, 4.69) is 53.8 Å². The zero-order chi connectivity index (χ0) is 19.2. The number of carbonyl (C=O) groups excluding carboxylic acids is 1. The first-order valence-corrected chi connectivity index (χ1v) is 10.9. The molecule has 3 nitrogen and oxygen atoms in total. The summed E-state index contributed by atoms with van der Waals surface area (Å²) in [6.45, 7) is 0.781. The SMILES string of the molecule is O=C(NCCCc1cccc2c1CC(CCCCc1ccccc1)O2)C1CC1. The molecule has 1 saturated carbocycles. The third-order valence-electron chi connectivity index (χ3n) is 5.91. The van der Waals surface area contributed by atoms with Crippen molar-refractivity contribution in [3.63, 3.8) is 0 Å². The van der Waals surface area contributed by atoms with Crippen LogP contribution in [0.1, 0.15) is 55.2 Å². The normalized spacial score (nSPS) is 17.8. The molecule has 1 fully saturated rings. The number of rotatable bonds is 10. The number of carbonyl (C=O) groups is 1. The number of ether oxygens (including phenoxy) is 1. The molecule has 2 aliphatic rings. The molecular formula is C25H31NO2. The first kappa shape index (κ1) is 19.0. The van der Waals surface area contributed by atoms with E-state index in [0.717, 1.165) is 57.2 Å². The molecule has 1 unspecified atom stereocenters. The topological polar surface area (TPSA) is 38.3 Å². The molecule has 1 amide bonds. The van der Waals surface area contributed by atoms with Gasteiger partial charge < -0.3 is 10.1 Å². The van der Waals surface area contributed by atoms with Crippen LogP contribution in [0.15, 0.2) is 48.5 Å². The van der Waals surface area contributed by atoms with E-state index in [9.17, 15) is 4.79 Å². The van der Waals surface area contributed by atoms with Crippen molar-refractivity contribution in [1.29, 1.82) is 0 Å². The zero-order valence-corrected chi connectivity index (χ0v) is 16.7. The Kier molecular flexibility index (Phi) is 6.31. The summed E-state index contributed by atoms with van der Waals surface area (Å²) in [7, 11) is 0. The minimum absolute atomic E-state index is 0.247. The molecule has 0 aromatic heterocycles. The highest BCUT2D eigenvalue weighted by molar-refractivity contribution is 5.80. The van der Waals surface area contributed by atoms with Gasteiger partial charge >= 0.3 is 0 Å². The average molecular weight is 378 g/mol. The van der Waals surface area contributed by atoms with E-state index < -0.39 is 0 Å². The second kappa shape index (κ2) is 9.27. The molecule has 1 atom stereocenters. The predicted octanol–water partition coefficient (Wildman–Crippen LogP) is 4.86. The maximum absolute atomic E-state index is 11.7. The summed E-state index contributed by atoms with van der Waals surface area (Å²) in [6.07, 6.45) is 10.2. The van der Waals surface area contributed by atoms with Gasteiger partial charge in [0, 0.05) is 24.4 Å². The molecule has 1 aliphatic carbocycles. The molecule has 4 rings (SSSR count). The van der Waals surface area contributed by atoms with Crippen LogP contribution in [0.25, 0.3) is 0 Å². The molecule has 0 bridgehead atoms. The summed E-state index contributed by atoms with van der Waals surface area (Å²) in [5.41, 5.74) is 4.21. The van der Waals surface area contributed by atoms with Crippen molar-refractivity contribution in [3.8, 4) is 5.75 Å². The number of nitrogens with one attached hydrogen (secondary N) is 1. The van der Waals surface area contributed by atoms with Crippen molar-refractivity contribution in [2.45, 2.75) is 63.9 Å². The molecular weight excluding hydrogens is 346 g/mol. The van der Waals surface area contributed by atoms with Gasteiger partial charge in [0.25, 0.3) is 0 Å². The molecule has 1 aliphatic heterocycles. The summed E-state index contributed by atoms with van der Waals surface area (Å²) in [4.78, 5) is 11.7. The van der Waals surface area contributed by atoms with Crippen LogP contribution in [-0.2, 0) is 24.1 Å². The van der Waals surface area contributed by atoms with Crippen molar-refractivity contribution >= 4 is 5.91 Å². The Morgan fingerprint density at radius 2 is 1.82 bits per heavy atom. The quantitative estimate of drug-likeness (QED) is 0.600. The summed E-state index contributed by atoms with van der Waals surface area (Å²) in [6, 6.07) is 17.2. The third kappa shape index (κ3) is 5.15. The molecule has 3 heteroatoms. The standard InChI is InChI=1S/C25H31NO2/c27-25(21-15-16-21)26-17-7-12-20-11-6-14-24-23(20)18-22(28-24)13-5-4-10-19-8-2-1-3-9-19/h1-3,6,8-9,11,14,21-22H,4-5,7,10,12-13,15-18H2,(H,26,27). The van der Waals surface area contributed by atoms with Gasteiger partial charge in [0.15, 0.2) is 0 Å². The van der Waals surface area contributed by atoms with Crippen LogP contribution >= 0.6 is 0 Å². The Labute approximate surface area is 168 Å². The number of hydrogen-bond donors (Lipinski definition) is 1. The van der Waals surface area contributed by atoms with Gasteiger partial charge in [-0.05, 0) is 68.6 Å². The van der Waals surface area contributed by atoms with Gasteiger partial charge in [-0.3, -0.25) is 4.79 Å². The van der Waals surface area contributed by atoms with Gasteiger partial charge in [-0.15, -0.1) is 0 Å². The summed E-state index contributed by atoms with van der Waals surface area (Å²) in [5.74, 6) is 1.63. The fraction of sp³-hybridized carbons (Fsp3) is 0.480. The highest BCUT2D eigenvalue weighted by Crippen LogP contribution is 2.34. The Morgan fingerprint density at radius 3 is 2.64 bits per heavy atom. The molecule has 1 N–H and O–H groups in total. The lowest BCUT2D eigenvalue weighted by Crippen LogP contribution is -2.26. The lowest BCUT2D eigenvalue weighted by molar-refractivity contribution is -0.122. The highest BCUT2D eigenvalue weighted by atomic mass is 16.5. The second-order valence-electron chi connectivity index (χ2n) is 8.24. The summed E-state index contributed by atoms with van der Waals surface area (Å²) < 4.78 is 6.21. The van der Waals surface area contributed by atoms with Gasteiger partial charge in [-0.25, -0.2) is 0 Å². The van der Waals surface area contributed by atoms with Crippen molar-refractivity contribution in [3.05, 3.63) is 65.2 Å². The van der Waals surface area contributed by atoms with Crippen molar-refractivity contribution in [2.24, 2.45) is 5.92 Å². The van der Waals surface area contributed by atoms with E-state index in [1.165, 1.54) is 29.5 Å². The maximum atomic E-state index is 11.7.